The minimum absolute atomic E-state index is 0.143. The highest BCUT2D eigenvalue weighted by molar-refractivity contribution is 6.05. The Kier molecular flexibility index (Phi) is 6.80. The van der Waals surface area contributed by atoms with Gasteiger partial charge in [0.2, 0.25) is 0 Å². The van der Waals surface area contributed by atoms with E-state index in [2.05, 4.69) is 10.4 Å². The number of carbonyl (C=O) groups is 4. The number of hydrogen-bond donors (Lipinski definition) is 1. The second-order valence-electron chi connectivity index (χ2n) is 8.04. The Morgan fingerprint density at radius 3 is 2.35 bits per heavy atom. The van der Waals surface area contributed by atoms with Crippen LogP contribution in [0, 0.1) is 0 Å². The molecule has 0 spiro atoms. The number of fused-ring (bicyclic) bond motifs is 3. The van der Waals surface area contributed by atoms with Crippen LogP contribution in [0.15, 0.2) is 35.4 Å². The first-order valence-electron chi connectivity index (χ1n) is 11.2. The van der Waals surface area contributed by atoms with Crippen molar-refractivity contribution < 1.29 is 28.7 Å². The Balaban J connectivity index is 1.66. The van der Waals surface area contributed by atoms with E-state index in [9.17, 15) is 19.2 Å². The number of esters is 2. The van der Waals surface area contributed by atoms with E-state index in [-0.39, 0.29) is 19.8 Å². The van der Waals surface area contributed by atoms with Gasteiger partial charge in [-0.2, -0.15) is 5.10 Å². The predicted octanol–water partition coefficient (Wildman–Crippen LogP) is -0.390. The fourth-order valence-electron chi connectivity index (χ4n) is 4.41. The summed E-state index contributed by atoms with van der Waals surface area (Å²) in [7, 11) is 1.56. The molecule has 1 aromatic rings. The molecule has 182 valence electrons. The number of amides is 3. The molecule has 0 aromatic heterocycles. The maximum absolute atomic E-state index is 13.5. The lowest BCUT2D eigenvalue weighted by Gasteiger charge is -2.42. The predicted molar refractivity (Wildman–Crippen MR) is 119 cm³/mol. The van der Waals surface area contributed by atoms with Crippen molar-refractivity contribution in [3.8, 4) is 0 Å². The van der Waals surface area contributed by atoms with Crippen molar-refractivity contribution in [3.63, 3.8) is 0 Å². The van der Waals surface area contributed by atoms with Crippen LogP contribution < -0.4 is 5.32 Å². The third kappa shape index (κ3) is 4.33. The highest BCUT2D eigenvalue weighted by Crippen LogP contribution is 2.31. The van der Waals surface area contributed by atoms with Crippen molar-refractivity contribution in [2.24, 2.45) is 5.10 Å². The molecule has 0 radical (unpaired) electrons. The van der Waals surface area contributed by atoms with Crippen molar-refractivity contribution >= 4 is 29.6 Å². The van der Waals surface area contributed by atoms with Gasteiger partial charge >= 0.3 is 18.0 Å². The van der Waals surface area contributed by atoms with Crippen LogP contribution in [0.5, 0.6) is 0 Å². The van der Waals surface area contributed by atoms with Crippen LogP contribution in [0.2, 0.25) is 0 Å². The molecular weight excluding hydrogens is 444 g/mol. The molecule has 3 amide bonds. The third-order valence-corrected chi connectivity index (χ3v) is 5.92. The van der Waals surface area contributed by atoms with Crippen LogP contribution in [0.4, 0.5) is 4.79 Å². The molecule has 3 atom stereocenters. The zero-order valence-corrected chi connectivity index (χ0v) is 19.3. The van der Waals surface area contributed by atoms with Gasteiger partial charge in [0.05, 0.1) is 18.9 Å². The molecule has 1 aromatic carbocycles. The van der Waals surface area contributed by atoms with Crippen LogP contribution in [-0.2, 0) is 23.9 Å². The molecule has 4 rings (SSSR count). The Morgan fingerprint density at radius 1 is 1.06 bits per heavy atom. The minimum atomic E-state index is -0.791. The van der Waals surface area contributed by atoms with Gasteiger partial charge in [-0.15, -0.1) is 0 Å². The van der Waals surface area contributed by atoms with Gasteiger partial charge in [0.1, 0.15) is 25.3 Å². The van der Waals surface area contributed by atoms with E-state index in [4.69, 9.17) is 9.47 Å². The largest absolute Gasteiger partial charge is 0.465 e. The maximum atomic E-state index is 13.5. The van der Waals surface area contributed by atoms with Crippen molar-refractivity contribution in [2.75, 3.05) is 39.9 Å². The number of likely N-dealkylation sites (N-methyl/N-ethyl adjacent to an activating group) is 1. The first-order chi connectivity index (χ1) is 16.3. The number of imide groups is 1. The summed E-state index contributed by atoms with van der Waals surface area (Å²) in [5, 5.41) is 9.46. The summed E-state index contributed by atoms with van der Waals surface area (Å²) in [6, 6.07) is 8.04. The number of rotatable bonds is 7. The van der Waals surface area contributed by atoms with Gasteiger partial charge in [-0.3, -0.25) is 29.6 Å². The van der Waals surface area contributed by atoms with Crippen LogP contribution in [0.25, 0.3) is 0 Å². The highest BCUT2D eigenvalue weighted by Gasteiger charge is 2.57. The number of benzene rings is 1. The number of nitrogens with zero attached hydrogens (tertiary/aromatic N) is 5. The van der Waals surface area contributed by atoms with Crippen molar-refractivity contribution in [3.05, 3.63) is 35.9 Å². The Morgan fingerprint density at radius 2 is 1.71 bits per heavy atom. The smallest absolute Gasteiger partial charge is 0.328 e. The van der Waals surface area contributed by atoms with E-state index >= 15 is 0 Å². The lowest BCUT2D eigenvalue weighted by atomic mass is 10.1. The first kappa shape index (κ1) is 23.6. The van der Waals surface area contributed by atoms with Crippen molar-refractivity contribution in [2.45, 2.75) is 32.3 Å². The molecule has 3 aliphatic heterocycles. The van der Waals surface area contributed by atoms with Crippen LogP contribution in [-0.4, -0.2) is 108 Å². The summed E-state index contributed by atoms with van der Waals surface area (Å²) in [6.07, 6.45) is -1.30. The Bertz CT molecular complexity index is 1000. The van der Waals surface area contributed by atoms with Gasteiger partial charge in [0.25, 0.3) is 5.91 Å². The summed E-state index contributed by atoms with van der Waals surface area (Å²) in [4.78, 5) is 54.9. The van der Waals surface area contributed by atoms with Gasteiger partial charge in [-0.05, 0) is 19.4 Å². The molecule has 3 heterocycles. The molecule has 12 nitrogen and oxygen atoms in total. The number of urea groups is 1. The van der Waals surface area contributed by atoms with E-state index in [1.54, 1.807) is 20.9 Å². The molecule has 3 aliphatic rings. The first-order valence-corrected chi connectivity index (χ1v) is 11.2. The fourth-order valence-corrected chi connectivity index (χ4v) is 4.41. The molecule has 3 unspecified atom stereocenters. The second-order valence-corrected chi connectivity index (χ2v) is 8.04. The van der Waals surface area contributed by atoms with Crippen LogP contribution in [0.1, 0.15) is 19.4 Å². The zero-order chi connectivity index (χ0) is 24.4. The number of nitrogens with one attached hydrogen (secondary N) is 1. The zero-order valence-electron chi connectivity index (χ0n) is 19.3. The fraction of sp³-hybridized carbons (Fsp3) is 0.500. The summed E-state index contributed by atoms with van der Waals surface area (Å²) in [6.45, 7) is 3.43. The highest BCUT2D eigenvalue weighted by atomic mass is 16.5. The summed E-state index contributed by atoms with van der Waals surface area (Å²) in [5.41, 5.74) is 1.50. The normalized spacial score (nSPS) is 24.5. The van der Waals surface area contributed by atoms with E-state index < -0.39 is 48.9 Å². The van der Waals surface area contributed by atoms with Gasteiger partial charge in [0, 0.05) is 13.6 Å². The van der Waals surface area contributed by atoms with E-state index in [0.29, 0.717) is 12.3 Å². The molecule has 0 bridgehead atoms. The van der Waals surface area contributed by atoms with E-state index in [1.165, 1.54) is 9.91 Å². The lowest BCUT2D eigenvalue weighted by Crippen LogP contribution is -2.67. The standard InChI is InChI=1S/C22H28N6O6/c1-4-33-16(29)12-27-20(31)18-19(25(3)22(27)32)23-21-26(18)11-15(14-9-7-6-8-10-14)24-28(21)13-17(30)34-5-2/h6-10,18-19,21,23H,4-5,11-13H2,1-3H3. The number of hydrogen-bond acceptors (Lipinski definition) is 10. The Hall–Kier alpha value is -3.51. The Labute approximate surface area is 197 Å². The number of ether oxygens (including phenoxy) is 2. The second kappa shape index (κ2) is 9.77. The van der Waals surface area contributed by atoms with E-state index in [1.807, 2.05) is 35.2 Å². The van der Waals surface area contributed by atoms with Gasteiger partial charge in [0.15, 0.2) is 6.29 Å². The van der Waals surface area contributed by atoms with Crippen LogP contribution >= 0.6 is 0 Å². The van der Waals surface area contributed by atoms with Gasteiger partial charge < -0.3 is 14.4 Å². The molecular formula is C22H28N6O6. The quantitative estimate of drug-likeness (QED) is 0.528. The molecule has 2 fully saturated rings. The maximum Gasteiger partial charge on any atom is 0.328 e. The molecule has 2 saturated heterocycles. The molecule has 34 heavy (non-hydrogen) atoms. The summed E-state index contributed by atoms with van der Waals surface area (Å²) < 4.78 is 10.1. The van der Waals surface area contributed by atoms with Gasteiger partial charge in [-0.1, -0.05) is 30.3 Å². The molecule has 12 heteroatoms. The molecule has 0 saturated carbocycles. The third-order valence-electron chi connectivity index (χ3n) is 5.92. The summed E-state index contributed by atoms with van der Waals surface area (Å²) >= 11 is 0. The topological polar surface area (TPSA) is 124 Å². The number of carbonyl (C=O) groups excluding carboxylic acids is 4. The van der Waals surface area contributed by atoms with Crippen molar-refractivity contribution in [1.29, 1.82) is 0 Å². The number of hydrazone groups is 1. The average Bonchev–Trinajstić information content (AvgIpc) is 3.21. The SMILES string of the molecule is CCOC(=O)CN1C(=O)C2C(NC3N(CC(=O)OCC)N=C(c4ccccc4)CN23)N(C)C1=O. The van der Waals surface area contributed by atoms with Gasteiger partial charge in [-0.25, -0.2) is 9.69 Å². The monoisotopic (exact) mass is 472 g/mol. The van der Waals surface area contributed by atoms with Crippen LogP contribution in [0.3, 0.4) is 0 Å². The lowest BCUT2D eigenvalue weighted by molar-refractivity contribution is -0.151. The molecule has 0 aliphatic carbocycles. The average molecular weight is 473 g/mol. The molecule has 1 N–H and O–H groups in total. The van der Waals surface area contributed by atoms with E-state index in [0.717, 1.165) is 10.5 Å². The minimum Gasteiger partial charge on any atom is -0.465 e. The summed E-state index contributed by atoms with van der Waals surface area (Å²) in [5.74, 6) is -1.63. The van der Waals surface area contributed by atoms with Crippen molar-refractivity contribution in [1.82, 2.24) is 25.0 Å².